The van der Waals surface area contributed by atoms with Gasteiger partial charge in [0, 0.05) is 24.4 Å². The zero-order valence-corrected chi connectivity index (χ0v) is 13.1. The summed E-state index contributed by atoms with van der Waals surface area (Å²) in [4.78, 5) is 18.2. The Morgan fingerprint density at radius 1 is 1.47 bits per heavy atom. The number of ether oxygens (including phenoxy) is 1. The summed E-state index contributed by atoms with van der Waals surface area (Å²) >= 11 is 1.65. The number of esters is 1. The van der Waals surface area contributed by atoms with Crippen molar-refractivity contribution >= 4 is 22.4 Å². The summed E-state index contributed by atoms with van der Waals surface area (Å²) in [6.07, 6.45) is 2.17. The number of hydrogen-bond donors (Lipinski definition) is 0. The fourth-order valence-electron chi connectivity index (χ4n) is 1.86. The lowest BCUT2D eigenvalue weighted by Crippen LogP contribution is -2.32. The quantitative estimate of drug-likeness (QED) is 0.687. The lowest BCUT2D eigenvalue weighted by molar-refractivity contribution is -0.143. The fraction of sp³-hybridized carbons (Fsp3) is 0.714. The van der Waals surface area contributed by atoms with Crippen LogP contribution in [0.4, 0.5) is 5.13 Å². The molecule has 1 heterocycles. The fourth-order valence-corrected chi connectivity index (χ4v) is 2.89. The zero-order valence-electron chi connectivity index (χ0n) is 12.3. The van der Waals surface area contributed by atoms with Gasteiger partial charge in [-0.25, -0.2) is 4.98 Å². The van der Waals surface area contributed by atoms with Crippen LogP contribution in [-0.4, -0.2) is 30.1 Å². The summed E-state index contributed by atoms with van der Waals surface area (Å²) in [5.74, 6) is -0.147. The molecule has 0 amide bonds. The Balaban J connectivity index is 2.58. The molecule has 1 atom stereocenters. The first kappa shape index (κ1) is 16.0. The minimum atomic E-state index is -0.147. The number of nitrogens with zero attached hydrogens (tertiary/aromatic N) is 2. The van der Waals surface area contributed by atoms with Crippen LogP contribution in [-0.2, 0) is 16.0 Å². The van der Waals surface area contributed by atoms with Crippen LogP contribution < -0.4 is 4.90 Å². The first-order valence-electron chi connectivity index (χ1n) is 6.98. The van der Waals surface area contributed by atoms with E-state index >= 15 is 0 Å². The molecule has 1 aromatic rings. The van der Waals surface area contributed by atoms with E-state index in [1.165, 1.54) is 0 Å². The van der Waals surface area contributed by atoms with Crippen LogP contribution in [0, 0.1) is 0 Å². The highest BCUT2D eigenvalue weighted by atomic mass is 32.1. The Kier molecular flexibility index (Phi) is 6.84. The van der Waals surface area contributed by atoms with Gasteiger partial charge in [-0.1, -0.05) is 6.92 Å². The van der Waals surface area contributed by atoms with Gasteiger partial charge in [-0.3, -0.25) is 4.79 Å². The second-order valence-corrected chi connectivity index (χ2v) is 5.31. The third kappa shape index (κ3) is 4.82. The van der Waals surface area contributed by atoms with Crippen molar-refractivity contribution in [3.05, 3.63) is 11.1 Å². The van der Waals surface area contributed by atoms with Gasteiger partial charge in [0.25, 0.3) is 0 Å². The van der Waals surface area contributed by atoms with Crippen LogP contribution in [0.3, 0.4) is 0 Å². The normalized spacial score (nSPS) is 12.2. The van der Waals surface area contributed by atoms with Crippen LogP contribution in [0.2, 0.25) is 0 Å². The third-order valence-electron chi connectivity index (χ3n) is 3.14. The Bertz CT molecular complexity index is 393. The summed E-state index contributed by atoms with van der Waals surface area (Å²) < 4.78 is 4.92. The van der Waals surface area contributed by atoms with Gasteiger partial charge in [0.2, 0.25) is 0 Å². The van der Waals surface area contributed by atoms with Crippen LogP contribution in [0.5, 0.6) is 0 Å². The topological polar surface area (TPSA) is 42.4 Å². The van der Waals surface area contributed by atoms with Crippen LogP contribution in [0.1, 0.15) is 46.2 Å². The van der Waals surface area contributed by atoms with Crippen molar-refractivity contribution < 1.29 is 9.53 Å². The summed E-state index contributed by atoms with van der Waals surface area (Å²) in [6.45, 7) is 9.76. The molecular weight excluding hydrogens is 260 g/mol. The predicted molar refractivity (Wildman–Crippen MR) is 79.8 cm³/mol. The van der Waals surface area contributed by atoms with Crippen LogP contribution in [0.15, 0.2) is 5.38 Å². The SMILES string of the molecule is CCOC(=O)CCc1csc(N(CC)C(C)CC)n1. The van der Waals surface area contributed by atoms with Gasteiger partial charge < -0.3 is 9.64 Å². The summed E-state index contributed by atoms with van der Waals surface area (Å²) in [5.41, 5.74) is 0.981. The number of aromatic nitrogens is 1. The molecule has 0 saturated heterocycles. The van der Waals surface area contributed by atoms with Gasteiger partial charge in [-0.05, 0) is 27.2 Å². The monoisotopic (exact) mass is 284 g/mol. The minimum Gasteiger partial charge on any atom is -0.466 e. The molecule has 1 unspecified atom stereocenters. The summed E-state index contributed by atoms with van der Waals surface area (Å²) in [7, 11) is 0. The van der Waals surface area contributed by atoms with E-state index in [0.717, 1.165) is 23.8 Å². The Morgan fingerprint density at radius 2 is 2.21 bits per heavy atom. The maximum absolute atomic E-state index is 11.3. The number of thiazole rings is 1. The standard InChI is InChI=1S/C14H24N2O2S/c1-5-11(4)16(6-2)14-15-12(10-19-14)8-9-13(17)18-7-3/h10-11H,5-9H2,1-4H3. The van der Waals surface area contributed by atoms with Gasteiger partial charge in [0.1, 0.15) is 0 Å². The van der Waals surface area contributed by atoms with Crippen LogP contribution >= 0.6 is 11.3 Å². The van der Waals surface area contributed by atoms with Gasteiger partial charge in [0.05, 0.1) is 18.7 Å². The van der Waals surface area contributed by atoms with Gasteiger partial charge in [-0.15, -0.1) is 11.3 Å². The molecule has 5 heteroatoms. The van der Waals surface area contributed by atoms with E-state index in [1.54, 1.807) is 11.3 Å². The molecule has 1 aromatic heterocycles. The van der Waals surface area contributed by atoms with E-state index < -0.39 is 0 Å². The molecule has 0 aromatic carbocycles. The Labute approximate surface area is 119 Å². The summed E-state index contributed by atoms with van der Waals surface area (Å²) in [6, 6.07) is 0.494. The molecule has 4 nitrogen and oxygen atoms in total. The van der Waals surface area contributed by atoms with Crippen LogP contribution in [0.25, 0.3) is 0 Å². The lowest BCUT2D eigenvalue weighted by atomic mass is 10.2. The van der Waals surface area contributed by atoms with Crippen molar-refractivity contribution in [2.24, 2.45) is 0 Å². The number of rotatable bonds is 8. The number of hydrogen-bond acceptors (Lipinski definition) is 5. The maximum atomic E-state index is 11.3. The van der Waals surface area contributed by atoms with Crippen molar-refractivity contribution in [3.63, 3.8) is 0 Å². The second kappa shape index (κ2) is 8.15. The largest absolute Gasteiger partial charge is 0.466 e. The van der Waals surface area contributed by atoms with E-state index in [9.17, 15) is 4.79 Å². The van der Waals surface area contributed by atoms with E-state index in [2.05, 4.69) is 30.7 Å². The van der Waals surface area contributed by atoms with Crippen molar-refractivity contribution in [3.8, 4) is 0 Å². The molecular formula is C14H24N2O2S. The molecule has 0 spiro atoms. The first-order chi connectivity index (χ1) is 9.12. The summed E-state index contributed by atoms with van der Waals surface area (Å²) in [5, 5.41) is 3.09. The average molecular weight is 284 g/mol. The smallest absolute Gasteiger partial charge is 0.306 e. The lowest BCUT2D eigenvalue weighted by Gasteiger charge is -2.26. The van der Waals surface area contributed by atoms with Gasteiger partial charge >= 0.3 is 5.97 Å². The van der Waals surface area contributed by atoms with E-state index in [4.69, 9.17) is 4.74 Å². The molecule has 0 bridgehead atoms. The van der Waals surface area contributed by atoms with E-state index in [1.807, 2.05) is 12.3 Å². The number of carbonyl (C=O) groups excluding carboxylic acids is 1. The average Bonchev–Trinajstić information content (AvgIpc) is 2.86. The third-order valence-corrected chi connectivity index (χ3v) is 4.07. The highest BCUT2D eigenvalue weighted by Crippen LogP contribution is 2.24. The number of carbonyl (C=O) groups is 1. The van der Waals surface area contributed by atoms with Gasteiger partial charge in [-0.2, -0.15) is 0 Å². The maximum Gasteiger partial charge on any atom is 0.306 e. The molecule has 19 heavy (non-hydrogen) atoms. The zero-order chi connectivity index (χ0) is 14.3. The minimum absolute atomic E-state index is 0.147. The van der Waals surface area contributed by atoms with E-state index in [0.29, 0.717) is 25.5 Å². The highest BCUT2D eigenvalue weighted by Gasteiger charge is 2.15. The molecule has 108 valence electrons. The Hall–Kier alpha value is -1.10. The number of aryl methyl sites for hydroxylation is 1. The molecule has 0 radical (unpaired) electrons. The molecule has 0 N–H and O–H groups in total. The highest BCUT2D eigenvalue weighted by molar-refractivity contribution is 7.13. The molecule has 0 aliphatic carbocycles. The second-order valence-electron chi connectivity index (χ2n) is 4.47. The predicted octanol–water partition coefficient (Wildman–Crippen LogP) is 3.26. The molecule has 1 rings (SSSR count). The van der Waals surface area contributed by atoms with Crippen molar-refractivity contribution in [1.29, 1.82) is 0 Å². The van der Waals surface area contributed by atoms with Crippen molar-refractivity contribution in [1.82, 2.24) is 4.98 Å². The van der Waals surface area contributed by atoms with E-state index in [-0.39, 0.29) is 5.97 Å². The molecule has 0 aliphatic heterocycles. The Morgan fingerprint density at radius 3 is 2.79 bits per heavy atom. The van der Waals surface area contributed by atoms with Crippen molar-refractivity contribution in [2.75, 3.05) is 18.1 Å². The number of anilines is 1. The van der Waals surface area contributed by atoms with Gasteiger partial charge in [0.15, 0.2) is 5.13 Å². The molecule has 0 saturated carbocycles. The first-order valence-corrected chi connectivity index (χ1v) is 7.86. The van der Waals surface area contributed by atoms with Crippen molar-refractivity contribution in [2.45, 2.75) is 53.0 Å². The molecule has 0 aliphatic rings. The molecule has 0 fully saturated rings.